The second kappa shape index (κ2) is 2.54. The highest BCUT2D eigenvalue weighted by Gasteiger charge is 2.45. The van der Waals surface area contributed by atoms with Gasteiger partial charge >= 0.3 is 0 Å². The average molecular weight is 180 g/mol. The van der Waals surface area contributed by atoms with Crippen LogP contribution < -0.4 is 5.73 Å². The summed E-state index contributed by atoms with van der Waals surface area (Å²) in [7, 11) is 1.93. The van der Waals surface area contributed by atoms with Gasteiger partial charge in [-0.1, -0.05) is 19.1 Å². The van der Waals surface area contributed by atoms with Gasteiger partial charge in [0, 0.05) is 7.05 Å². The second-order valence-corrected chi connectivity index (χ2v) is 4.26. The van der Waals surface area contributed by atoms with Gasteiger partial charge < -0.3 is 5.73 Å². The van der Waals surface area contributed by atoms with Crippen molar-refractivity contribution in [2.75, 3.05) is 0 Å². The highest BCUT2D eigenvalue weighted by molar-refractivity contribution is 5.28. The van der Waals surface area contributed by atoms with Crippen LogP contribution in [0.5, 0.6) is 0 Å². The average Bonchev–Trinajstić information content (AvgIpc) is 2.63. The molecule has 0 amide bonds. The van der Waals surface area contributed by atoms with Crippen molar-refractivity contribution < 1.29 is 0 Å². The van der Waals surface area contributed by atoms with Crippen molar-refractivity contribution in [2.24, 2.45) is 12.8 Å². The maximum absolute atomic E-state index is 6.10. The monoisotopic (exact) mass is 180 g/mol. The summed E-state index contributed by atoms with van der Waals surface area (Å²) < 4.78 is 1.84. The van der Waals surface area contributed by atoms with Crippen LogP contribution in [0.25, 0.3) is 0 Å². The molecule has 0 spiro atoms. The van der Waals surface area contributed by atoms with Crippen LogP contribution in [0.3, 0.4) is 0 Å². The lowest BCUT2D eigenvalue weighted by Gasteiger charge is -2.11. The van der Waals surface area contributed by atoms with Crippen LogP contribution in [0.15, 0.2) is 0 Å². The highest BCUT2D eigenvalue weighted by Crippen LogP contribution is 2.44. The molecule has 1 heterocycles. The number of hydrogen-bond acceptors (Lipinski definition) is 3. The molecule has 0 unspecified atom stereocenters. The first-order valence-electron chi connectivity index (χ1n) is 4.73. The summed E-state index contributed by atoms with van der Waals surface area (Å²) in [6.07, 6.45) is 2.09. The van der Waals surface area contributed by atoms with Gasteiger partial charge in [-0.25, -0.2) is 0 Å². The van der Waals surface area contributed by atoms with Gasteiger partial charge in [0.05, 0.1) is 11.2 Å². The zero-order valence-electron chi connectivity index (χ0n) is 8.41. The molecule has 1 aromatic heterocycles. The highest BCUT2D eigenvalue weighted by atomic mass is 15.4. The van der Waals surface area contributed by atoms with Crippen molar-refractivity contribution in [3.63, 3.8) is 0 Å². The topological polar surface area (TPSA) is 56.7 Å². The van der Waals surface area contributed by atoms with Gasteiger partial charge in [0.1, 0.15) is 5.69 Å². The summed E-state index contributed by atoms with van der Waals surface area (Å²) >= 11 is 0. The molecule has 4 nitrogen and oxygen atoms in total. The van der Waals surface area contributed by atoms with E-state index in [-0.39, 0.29) is 5.54 Å². The summed E-state index contributed by atoms with van der Waals surface area (Å²) in [6, 6.07) is 0. The predicted octanol–water partition coefficient (Wildman–Crippen LogP) is 0.886. The third-order valence-corrected chi connectivity index (χ3v) is 2.68. The predicted molar refractivity (Wildman–Crippen MR) is 50.2 cm³/mol. The smallest absolute Gasteiger partial charge is 0.106 e. The molecule has 0 aliphatic heterocycles. The number of nitrogens with zero attached hydrogens (tertiary/aromatic N) is 3. The Hall–Kier alpha value is -0.900. The first kappa shape index (κ1) is 8.69. The Morgan fingerprint density at radius 2 is 2.08 bits per heavy atom. The van der Waals surface area contributed by atoms with Gasteiger partial charge in [0.25, 0.3) is 0 Å². The summed E-state index contributed by atoms with van der Waals surface area (Å²) in [5, 5.41) is 8.19. The molecule has 72 valence electrons. The Balaban J connectivity index is 2.46. The molecule has 1 fully saturated rings. The molecule has 0 saturated heterocycles. The van der Waals surface area contributed by atoms with E-state index in [9.17, 15) is 0 Å². The van der Waals surface area contributed by atoms with Crippen molar-refractivity contribution in [2.45, 2.75) is 38.1 Å². The van der Waals surface area contributed by atoms with E-state index in [2.05, 4.69) is 24.2 Å². The van der Waals surface area contributed by atoms with Crippen LogP contribution in [0, 0.1) is 0 Å². The van der Waals surface area contributed by atoms with Crippen LogP contribution in [-0.2, 0) is 12.6 Å². The maximum Gasteiger partial charge on any atom is 0.106 e. The van der Waals surface area contributed by atoms with Gasteiger partial charge in [0.15, 0.2) is 0 Å². The van der Waals surface area contributed by atoms with Gasteiger partial charge in [-0.05, 0) is 18.8 Å². The number of nitrogens with two attached hydrogens (primary N) is 1. The minimum Gasteiger partial charge on any atom is -0.320 e. The first-order valence-corrected chi connectivity index (χ1v) is 4.73. The van der Waals surface area contributed by atoms with Crippen molar-refractivity contribution in [1.82, 2.24) is 15.0 Å². The fraction of sp³-hybridized carbons (Fsp3) is 0.778. The Morgan fingerprint density at radius 3 is 2.54 bits per heavy atom. The third kappa shape index (κ3) is 1.25. The Morgan fingerprint density at radius 1 is 1.46 bits per heavy atom. The fourth-order valence-electron chi connectivity index (χ4n) is 1.74. The second-order valence-electron chi connectivity index (χ2n) is 4.26. The van der Waals surface area contributed by atoms with Crippen LogP contribution in [-0.4, -0.2) is 15.0 Å². The lowest BCUT2D eigenvalue weighted by molar-refractivity contribution is 0.641. The molecular formula is C9H16N4. The molecular weight excluding hydrogens is 164 g/mol. The fourth-order valence-corrected chi connectivity index (χ4v) is 1.74. The Bertz CT molecular complexity index is 322. The van der Waals surface area contributed by atoms with Crippen LogP contribution in [0.2, 0.25) is 0 Å². The standard InChI is InChI=1S/C9H16N4/c1-6(2)7-8(9(10)4-5-9)11-12-13(7)3/h6H,4-5,10H2,1-3H3. The Kier molecular flexibility index (Phi) is 1.70. The van der Waals surface area contributed by atoms with Crippen LogP contribution in [0.1, 0.15) is 44.0 Å². The minimum absolute atomic E-state index is 0.159. The van der Waals surface area contributed by atoms with E-state index in [1.165, 1.54) is 5.69 Å². The molecule has 4 heteroatoms. The van der Waals surface area contributed by atoms with Gasteiger partial charge in [-0.15, -0.1) is 5.10 Å². The lowest BCUT2D eigenvalue weighted by atomic mass is 10.0. The molecule has 1 aliphatic carbocycles. The minimum atomic E-state index is -0.159. The zero-order valence-corrected chi connectivity index (χ0v) is 8.41. The number of hydrogen-bond donors (Lipinski definition) is 1. The van der Waals surface area contributed by atoms with Gasteiger partial charge in [-0.3, -0.25) is 4.68 Å². The number of rotatable bonds is 2. The van der Waals surface area contributed by atoms with Crippen molar-refractivity contribution >= 4 is 0 Å². The SMILES string of the molecule is CC(C)c1c(C2(N)CC2)nnn1C. The van der Waals surface area contributed by atoms with E-state index in [1.807, 2.05) is 11.7 Å². The summed E-state index contributed by atoms with van der Waals surface area (Å²) in [5.74, 6) is 0.441. The molecule has 13 heavy (non-hydrogen) atoms. The maximum atomic E-state index is 6.10. The lowest BCUT2D eigenvalue weighted by Crippen LogP contribution is -2.22. The molecule has 0 radical (unpaired) electrons. The van der Waals surface area contributed by atoms with Gasteiger partial charge in [-0.2, -0.15) is 0 Å². The largest absolute Gasteiger partial charge is 0.320 e. The molecule has 0 bridgehead atoms. The third-order valence-electron chi connectivity index (χ3n) is 2.68. The molecule has 1 aromatic rings. The van der Waals surface area contributed by atoms with E-state index in [1.54, 1.807) is 0 Å². The molecule has 0 atom stereocenters. The Labute approximate surface area is 78.1 Å². The van der Waals surface area contributed by atoms with Crippen LogP contribution in [0.4, 0.5) is 0 Å². The number of aryl methyl sites for hydroxylation is 1. The van der Waals surface area contributed by atoms with E-state index < -0.39 is 0 Å². The first-order chi connectivity index (χ1) is 6.04. The zero-order chi connectivity index (χ0) is 9.64. The molecule has 0 aromatic carbocycles. The summed E-state index contributed by atoms with van der Waals surface area (Å²) in [6.45, 7) is 4.29. The molecule has 2 rings (SSSR count). The molecule has 2 N–H and O–H groups in total. The van der Waals surface area contributed by atoms with Crippen LogP contribution >= 0.6 is 0 Å². The quantitative estimate of drug-likeness (QED) is 0.735. The normalized spacial score (nSPS) is 19.5. The number of aromatic nitrogens is 3. The summed E-state index contributed by atoms with van der Waals surface area (Å²) in [4.78, 5) is 0. The summed E-state index contributed by atoms with van der Waals surface area (Å²) in [5.41, 5.74) is 8.13. The van der Waals surface area contributed by atoms with E-state index in [0.29, 0.717) is 5.92 Å². The van der Waals surface area contributed by atoms with E-state index in [4.69, 9.17) is 5.73 Å². The van der Waals surface area contributed by atoms with Gasteiger partial charge in [0.2, 0.25) is 0 Å². The van der Waals surface area contributed by atoms with Crippen molar-refractivity contribution in [3.8, 4) is 0 Å². The van der Waals surface area contributed by atoms with Crippen molar-refractivity contribution in [1.29, 1.82) is 0 Å². The van der Waals surface area contributed by atoms with Crippen molar-refractivity contribution in [3.05, 3.63) is 11.4 Å². The van der Waals surface area contributed by atoms with E-state index >= 15 is 0 Å². The molecule has 1 saturated carbocycles. The molecule has 1 aliphatic rings. The van der Waals surface area contributed by atoms with E-state index in [0.717, 1.165) is 18.5 Å².